The fraction of sp³-hybridized carbons (Fsp3) is 0.333. The summed E-state index contributed by atoms with van der Waals surface area (Å²) >= 11 is 5.95. The Morgan fingerprint density at radius 1 is 1.26 bits per heavy atom. The SMILES string of the molecule is CC1Cc2ccccc2N1NCC(C)(C)C(=O)c1ccc(Cl)c(S(=O)(=O)OC(N)=O)c1. The van der Waals surface area contributed by atoms with Gasteiger partial charge in [0.15, 0.2) is 5.78 Å². The number of nitrogens with zero attached hydrogens (tertiary/aromatic N) is 1. The number of anilines is 1. The van der Waals surface area contributed by atoms with E-state index in [-0.39, 0.29) is 22.4 Å². The fourth-order valence-electron chi connectivity index (χ4n) is 3.55. The number of amides is 1. The zero-order chi connectivity index (χ0) is 23.0. The summed E-state index contributed by atoms with van der Waals surface area (Å²) in [5.41, 5.74) is 9.70. The molecule has 0 radical (unpaired) electrons. The highest BCUT2D eigenvalue weighted by Gasteiger charge is 2.33. The summed E-state index contributed by atoms with van der Waals surface area (Å²) < 4.78 is 28.6. The largest absolute Gasteiger partial charge is 0.420 e. The van der Waals surface area contributed by atoms with E-state index in [0.717, 1.165) is 18.2 Å². The number of nitrogens with two attached hydrogens (primary N) is 1. The Balaban J connectivity index is 1.81. The second-order valence-corrected chi connectivity index (χ2v) is 10.0. The molecule has 10 heteroatoms. The molecule has 0 spiro atoms. The third kappa shape index (κ3) is 4.84. The van der Waals surface area contributed by atoms with Crippen molar-refractivity contribution in [1.82, 2.24) is 5.43 Å². The average Bonchev–Trinajstić information content (AvgIpc) is 3.00. The Bertz CT molecular complexity index is 1130. The summed E-state index contributed by atoms with van der Waals surface area (Å²) in [6.07, 6.45) is -0.590. The maximum atomic E-state index is 13.2. The number of rotatable bonds is 7. The summed E-state index contributed by atoms with van der Waals surface area (Å²) in [4.78, 5) is 23.6. The van der Waals surface area contributed by atoms with Gasteiger partial charge in [-0.3, -0.25) is 4.79 Å². The molecule has 0 bridgehead atoms. The number of halogens is 1. The predicted molar refractivity (Wildman–Crippen MR) is 118 cm³/mol. The van der Waals surface area contributed by atoms with Crippen LogP contribution in [0.2, 0.25) is 5.02 Å². The molecule has 0 fully saturated rings. The van der Waals surface area contributed by atoms with Crippen molar-refractivity contribution in [2.24, 2.45) is 11.1 Å². The Hall–Kier alpha value is -2.62. The molecule has 8 nitrogen and oxygen atoms in total. The van der Waals surface area contributed by atoms with Gasteiger partial charge < -0.3 is 14.9 Å². The second-order valence-electron chi connectivity index (χ2n) is 8.10. The number of hydrogen-bond acceptors (Lipinski definition) is 7. The maximum absolute atomic E-state index is 13.2. The first-order valence-corrected chi connectivity index (χ1v) is 11.4. The Morgan fingerprint density at radius 2 is 1.94 bits per heavy atom. The lowest BCUT2D eigenvalue weighted by molar-refractivity contribution is 0.0835. The second kappa shape index (κ2) is 8.49. The van der Waals surface area contributed by atoms with Crippen LogP contribution in [-0.4, -0.2) is 32.9 Å². The molecule has 2 aromatic carbocycles. The van der Waals surface area contributed by atoms with Crippen molar-refractivity contribution in [2.45, 2.75) is 38.1 Å². The lowest BCUT2D eigenvalue weighted by atomic mass is 9.84. The van der Waals surface area contributed by atoms with Crippen molar-refractivity contribution in [3.63, 3.8) is 0 Å². The Morgan fingerprint density at radius 3 is 2.61 bits per heavy atom. The van der Waals surface area contributed by atoms with Crippen LogP contribution in [-0.2, 0) is 20.7 Å². The average molecular weight is 466 g/mol. The number of hydrazine groups is 1. The number of nitrogens with one attached hydrogen (secondary N) is 1. The van der Waals surface area contributed by atoms with Crippen LogP contribution in [0.15, 0.2) is 47.4 Å². The van der Waals surface area contributed by atoms with Crippen molar-refractivity contribution in [3.05, 3.63) is 58.6 Å². The molecule has 2 aromatic rings. The third-order valence-corrected chi connectivity index (χ3v) is 6.87. The van der Waals surface area contributed by atoms with Gasteiger partial charge in [-0.1, -0.05) is 43.6 Å². The van der Waals surface area contributed by atoms with E-state index in [4.69, 9.17) is 17.3 Å². The number of fused-ring (bicyclic) bond motifs is 1. The van der Waals surface area contributed by atoms with Crippen LogP contribution in [0.5, 0.6) is 0 Å². The highest BCUT2D eigenvalue weighted by molar-refractivity contribution is 7.87. The van der Waals surface area contributed by atoms with Gasteiger partial charge in [0.1, 0.15) is 4.90 Å². The minimum Gasteiger partial charge on any atom is -0.334 e. The van der Waals surface area contributed by atoms with Crippen LogP contribution >= 0.6 is 11.6 Å². The zero-order valence-electron chi connectivity index (χ0n) is 17.4. The van der Waals surface area contributed by atoms with E-state index in [1.165, 1.54) is 17.7 Å². The van der Waals surface area contributed by atoms with Crippen LogP contribution in [0.4, 0.5) is 10.5 Å². The molecular formula is C21H24ClN3O5S. The number of hydrogen-bond donors (Lipinski definition) is 2. The highest BCUT2D eigenvalue weighted by atomic mass is 35.5. The summed E-state index contributed by atoms with van der Waals surface area (Å²) in [7, 11) is -4.54. The smallest absolute Gasteiger partial charge is 0.334 e. The molecule has 1 heterocycles. The lowest BCUT2D eigenvalue weighted by Gasteiger charge is -2.31. The van der Waals surface area contributed by atoms with E-state index in [1.54, 1.807) is 13.8 Å². The van der Waals surface area contributed by atoms with Gasteiger partial charge in [0.2, 0.25) is 0 Å². The number of para-hydroxylation sites is 1. The molecule has 1 amide bonds. The summed E-state index contributed by atoms with van der Waals surface area (Å²) in [6, 6.07) is 12.1. The van der Waals surface area contributed by atoms with E-state index in [9.17, 15) is 18.0 Å². The number of benzene rings is 2. The monoisotopic (exact) mass is 465 g/mol. The van der Waals surface area contributed by atoms with E-state index in [1.807, 2.05) is 23.2 Å². The normalized spacial score (nSPS) is 16.1. The topological polar surface area (TPSA) is 119 Å². The zero-order valence-corrected chi connectivity index (χ0v) is 19.0. The molecule has 0 saturated heterocycles. The molecule has 0 aliphatic carbocycles. The first-order valence-electron chi connectivity index (χ1n) is 9.61. The summed E-state index contributed by atoms with van der Waals surface area (Å²) in [5, 5.41) is 1.86. The van der Waals surface area contributed by atoms with Crippen LogP contribution < -0.4 is 16.2 Å². The molecule has 1 aliphatic heterocycles. The summed E-state index contributed by atoms with van der Waals surface area (Å²) in [5.74, 6) is -0.299. The van der Waals surface area contributed by atoms with Crippen molar-refractivity contribution in [2.75, 3.05) is 11.6 Å². The minimum absolute atomic E-state index is 0.123. The van der Waals surface area contributed by atoms with Gasteiger partial charge in [0.05, 0.1) is 10.7 Å². The molecule has 0 aromatic heterocycles. The van der Waals surface area contributed by atoms with E-state index in [0.29, 0.717) is 6.54 Å². The van der Waals surface area contributed by atoms with Gasteiger partial charge in [-0.05, 0) is 43.2 Å². The molecule has 1 aliphatic rings. The quantitative estimate of drug-likeness (QED) is 0.475. The van der Waals surface area contributed by atoms with Gasteiger partial charge in [-0.15, -0.1) is 0 Å². The van der Waals surface area contributed by atoms with Crippen molar-refractivity contribution in [3.8, 4) is 0 Å². The lowest BCUT2D eigenvalue weighted by Crippen LogP contribution is -2.48. The van der Waals surface area contributed by atoms with Gasteiger partial charge in [0, 0.05) is 23.6 Å². The van der Waals surface area contributed by atoms with Crippen LogP contribution in [0.3, 0.4) is 0 Å². The van der Waals surface area contributed by atoms with Crippen molar-refractivity contribution in [1.29, 1.82) is 0 Å². The first-order chi connectivity index (χ1) is 14.4. The first kappa shape index (κ1) is 23.1. The van der Waals surface area contributed by atoms with E-state index >= 15 is 0 Å². The number of Topliss-reactive ketones (excluding diaryl/α,β-unsaturated/α-hetero) is 1. The Labute approximate surface area is 186 Å². The number of ketones is 1. The molecule has 0 saturated carbocycles. The number of primary amides is 1. The molecular weight excluding hydrogens is 442 g/mol. The third-order valence-electron chi connectivity index (χ3n) is 5.17. The van der Waals surface area contributed by atoms with E-state index in [2.05, 4.69) is 22.6 Å². The standard InChI is InChI=1S/C21H24ClN3O5S/c1-13-10-14-6-4-5-7-17(14)25(13)24-12-21(2,3)19(26)15-8-9-16(22)18(11-15)31(28,29)30-20(23)27/h4-9,11,13,24H,10,12H2,1-3H3,(H2,23,27). The molecule has 3 N–H and O–H groups in total. The Kier molecular flexibility index (Phi) is 6.31. The molecule has 3 rings (SSSR count). The maximum Gasteiger partial charge on any atom is 0.420 e. The van der Waals surface area contributed by atoms with Gasteiger partial charge in [0.25, 0.3) is 0 Å². The molecule has 1 unspecified atom stereocenters. The van der Waals surface area contributed by atoms with E-state index < -0.39 is 26.5 Å². The predicted octanol–water partition coefficient (Wildman–Crippen LogP) is 3.29. The van der Waals surface area contributed by atoms with Crippen LogP contribution in [0.25, 0.3) is 0 Å². The number of carbonyl (C=O) groups excluding carboxylic acids is 2. The molecule has 31 heavy (non-hydrogen) atoms. The van der Waals surface area contributed by atoms with Crippen molar-refractivity contribution < 1.29 is 22.2 Å². The van der Waals surface area contributed by atoms with Crippen molar-refractivity contribution >= 4 is 39.3 Å². The minimum atomic E-state index is -4.54. The van der Waals surface area contributed by atoms with Gasteiger partial charge in [-0.2, -0.15) is 8.42 Å². The van der Waals surface area contributed by atoms with Gasteiger partial charge in [-0.25, -0.2) is 10.2 Å². The number of carbonyl (C=O) groups is 2. The van der Waals surface area contributed by atoms with Crippen LogP contribution in [0.1, 0.15) is 36.7 Å². The van der Waals surface area contributed by atoms with Crippen LogP contribution in [0, 0.1) is 5.41 Å². The molecule has 166 valence electrons. The highest BCUT2D eigenvalue weighted by Crippen LogP contribution is 2.32. The molecule has 1 atom stereocenters. The van der Waals surface area contributed by atoms with Gasteiger partial charge >= 0.3 is 16.2 Å². The fourth-order valence-corrected chi connectivity index (χ4v) is 4.83. The summed E-state index contributed by atoms with van der Waals surface area (Å²) in [6.45, 7) is 5.93.